The van der Waals surface area contributed by atoms with Gasteiger partial charge >= 0.3 is 5.69 Å². The Morgan fingerprint density at radius 3 is 2.71 bits per heavy atom. The lowest BCUT2D eigenvalue weighted by Gasteiger charge is -2.02. The molecule has 1 rings (SSSR count). The average Bonchev–Trinajstić information content (AvgIpc) is 2.42. The summed E-state index contributed by atoms with van der Waals surface area (Å²) < 4.78 is 1.63. The van der Waals surface area contributed by atoms with Gasteiger partial charge in [-0.2, -0.15) is 5.10 Å². The number of rotatable bonds is 4. The molecule has 14 heavy (non-hydrogen) atoms. The fraction of sp³-hybridized carbons (Fsp3) is 0.625. The lowest BCUT2D eigenvalue weighted by atomic mass is 10.4. The molecule has 0 aliphatic rings. The zero-order valence-electron chi connectivity index (χ0n) is 8.57. The molecule has 0 aliphatic heterocycles. The highest BCUT2D eigenvalue weighted by Gasteiger charge is 2.23. The molecular weight excluding hydrogens is 184 g/mol. The van der Waals surface area contributed by atoms with Gasteiger partial charge in [-0.3, -0.25) is 10.1 Å². The molecule has 0 spiro atoms. The topological polar surface area (TPSA) is 73.0 Å². The van der Waals surface area contributed by atoms with Crippen molar-refractivity contribution in [1.29, 1.82) is 0 Å². The van der Waals surface area contributed by atoms with Crippen LogP contribution in [0.4, 0.5) is 11.5 Å². The summed E-state index contributed by atoms with van der Waals surface area (Å²) in [6.07, 6.45) is 0.896. The molecule has 0 amide bonds. The Balaban J connectivity index is 3.21. The Kier molecular flexibility index (Phi) is 3.06. The van der Waals surface area contributed by atoms with Crippen LogP contribution < -0.4 is 5.32 Å². The summed E-state index contributed by atoms with van der Waals surface area (Å²) >= 11 is 0. The van der Waals surface area contributed by atoms with Gasteiger partial charge in [0.05, 0.1) is 4.92 Å². The predicted molar refractivity (Wildman–Crippen MR) is 53.5 cm³/mol. The van der Waals surface area contributed by atoms with Crippen LogP contribution in [-0.4, -0.2) is 21.8 Å². The smallest absolute Gasteiger partial charge is 0.333 e. The van der Waals surface area contributed by atoms with Crippen molar-refractivity contribution in [1.82, 2.24) is 9.78 Å². The molecule has 6 nitrogen and oxygen atoms in total. The van der Waals surface area contributed by atoms with Crippen LogP contribution in [0.15, 0.2) is 0 Å². The predicted octanol–water partition coefficient (Wildman–Crippen LogP) is 1.55. The highest BCUT2D eigenvalue weighted by Crippen LogP contribution is 2.27. The van der Waals surface area contributed by atoms with Gasteiger partial charge in [-0.25, -0.2) is 4.68 Å². The Labute approximate surface area is 82.1 Å². The van der Waals surface area contributed by atoms with Crippen molar-refractivity contribution in [3.05, 3.63) is 15.8 Å². The number of hydrogen-bond donors (Lipinski definition) is 1. The van der Waals surface area contributed by atoms with Crippen molar-refractivity contribution < 1.29 is 4.92 Å². The summed E-state index contributed by atoms with van der Waals surface area (Å²) in [6, 6.07) is 0. The molecule has 1 N–H and O–H groups in total. The summed E-state index contributed by atoms with van der Waals surface area (Å²) in [4.78, 5) is 10.3. The van der Waals surface area contributed by atoms with E-state index in [1.165, 1.54) is 0 Å². The van der Waals surface area contributed by atoms with E-state index in [4.69, 9.17) is 0 Å². The highest BCUT2D eigenvalue weighted by atomic mass is 16.6. The van der Waals surface area contributed by atoms with Gasteiger partial charge < -0.3 is 5.32 Å². The molecule has 1 aromatic rings. The normalized spacial score (nSPS) is 10.2. The SMILES string of the molecule is CCCn1nc(C)c([N+](=O)[O-])c1NC. The van der Waals surface area contributed by atoms with Gasteiger partial charge in [-0.05, 0) is 13.3 Å². The zero-order valence-corrected chi connectivity index (χ0v) is 8.57. The third kappa shape index (κ3) is 1.68. The van der Waals surface area contributed by atoms with Gasteiger partial charge in [-0.1, -0.05) is 6.92 Å². The molecule has 0 saturated carbocycles. The molecule has 0 aliphatic carbocycles. The maximum Gasteiger partial charge on any atom is 0.333 e. The first kappa shape index (κ1) is 10.5. The summed E-state index contributed by atoms with van der Waals surface area (Å²) in [7, 11) is 1.66. The lowest BCUT2D eigenvalue weighted by Crippen LogP contribution is -2.05. The molecule has 0 bridgehead atoms. The van der Waals surface area contributed by atoms with Crippen LogP contribution in [-0.2, 0) is 6.54 Å². The van der Waals surface area contributed by atoms with E-state index in [9.17, 15) is 10.1 Å². The molecule has 78 valence electrons. The van der Waals surface area contributed by atoms with Crippen molar-refractivity contribution in [3.63, 3.8) is 0 Å². The van der Waals surface area contributed by atoms with Crippen LogP contribution in [0, 0.1) is 17.0 Å². The first-order valence-electron chi connectivity index (χ1n) is 4.51. The lowest BCUT2D eigenvalue weighted by molar-refractivity contribution is -0.384. The van der Waals surface area contributed by atoms with E-state index in [0.29, 0.717) is 18.1 Å². The van der Waals surface area contributed by atoms with Crippen LogP contribution >= 0.6 is 0 Å². The monoisotopic (exact) mass is 198 g/mol. The molecule has 6 heteroatoms. The Hall–Kier alpha value is -1.59. The molecular formula is C8H14N4O2. The summed E-state index contributed by atoms with van der Waals surface area (Å²) in [5.74, 6) is 0.481. The van der Waals surface area contributed by atoms with Crippen LogP contribution in [0.3, 0.4) is 0 Å². The van der Waals surface area contributed by atoms with Crippen LogP contribution in [0.25, 0.3) is 0 Å². The molecule has 0 fully saturated rings. The Morgan fingerprint density at radius 2 is 2.29 bits per heavy atom. The quantitative estimate of drug-likeness (QED) is 0.588. The molecule has 0 aromatic carbocycles. The first-order chi connectivity index (χ1) is 6.61. The average molecular weight is 198 g/mol. The minimum atomic E-state index is -0.402. The number of nitro groups is 1. The maximum atomic E-state index is 10.7. The van der Waals surface area contributed by atoms with Crippen molar-refractivity contribution in [3.8, 4) is 0 Å². The standard InChI is InChI=1S/C8H14N4O2/c1-4-5-11-8(9-3)7(12(13)14)6(2)10-11/h9H,4-5H2,1-3H3. The molecule has 0 saturated heterocycles. The van der Waals surface area contributed by atoms with Gasteiger partial charge in [0.2, 0.25) is 5.82 Å². The number of aryl methyl sites for hydroxylation is 2. The van der Waals surface area contributed by atoms with Crippen molar-refractivity contribution in [2.75, 3.05) is 12.4 Å². The van der Waals surface area contributed by atoms with Crippen LogP contribution in [0.5, 0.6) is 0 Å². The number of aromatic nitrogens is 2. The fourth-order valence-corrected chi connectivity index (χ4v) is 1.41. The van der Waals surface area contributed by atoms with Gasteiger partial charge in [0.15, 0.2) is 0 Å². The van der Waals surface area contributed by atoms with Crippen molar-refractivity contribution in [2.45, 2.75) is 26.8 Å². The fourth-order valence-electron chi connectivity index (χ4n) is 1.41. The van der Waals surface area contributed by atoms with Gasteiger partial charge in [0.1, 0.15) is 5.69 Å². The van der Waals surface area contributed by atoms with E-state index < -0.39 is 4.92 Å². The number of anilines is 1. The Morgan fingerprint density at radius 1 is 1.64 bits per heavy atom. The van der Waals surface area contributed by atoms with Gasteiger partial charge in [0.25, 0.3) is 0 Å². The number of nitrogens with one attached hydrogen (secondary N) is 1. The van der Waals surface area contributed by atoms with Crippen LogP contribution in [0.1, 0.15) is 19.0 Å². The van der Waals surface area contributed by atoms with Crippen molar-refractivity contribution in [2.24, 2.45) is 0 Å². The summed E-state index contributed by atoms with van der Waals surface area (Å²) in [6.45, 7) is 4.33. The summed E-state index contributed by atoms with van der Waals surface area (Å²) in [5, 5.41) is 17.6. The molecule has 0 unspecified atom stereocenters. The Bertz CT molecular complexity index is 345. The zero-order chi connectivity index (χ0) is 10.7. The van der Waals surface area contributed by atoms with Crippen molar-refractivity contribution >= 4 is 11.5 Å². The third-order valence-corrected chi connectivity index (χ3v) is 1.95. The van der Waals surface area contributed by atoms with E-state index in [-0.39, 0.29) is 5.69 Å². The molecule has 1 heterocycles. The van der Waals surface area contributed by atoms with E-state index in [1.807, 2.05) is 6.92 Å². The van der Waals surface area contributed by atoms with E-state index >= 15 is 0 Å². The largest absolute Gasteiger partial charge is 0.368 e. The second kappa shape index (κ2) is 4.08. The van der Waals surface area contributed by atoms with E-state index in [2.05, 4.69) is 10.4 Å². The number of hydrogen-bond acceptors (Lipinski definition) is 4. The molecule has 1 aromatic heterocycles. The molecule has 0 radical (unpaired) electrons. The maximum absolute atomic E-state index is 10.7. The minimum absolute atomic E-state index is 0.0703. The van der Waals surface area contributed by atoms with E-state index in [0.717, 1.165) is 6.42 Å². The minimum Gasteiger partial charge on any atom is -0.368 e. The third-order valence-electron chi connectivity index (χ3n) is 1.95. The van der Waals surface area contributed by atoms with E-state index in [1.54, 1.807) is 18.7 Å². The van der Waals surface area contributed by atoms with Crippen LogP contribution in [0.2, 0.25) is 0 Å². The van der Waals surface area contributed by atoms with Gasteiger partial charge in [-0.15, -0.1) is 0 Å². The molecule has 0 atom stereocenters. The summed E-state index contributed by atoms with van der Waals surface area (Å²) in [5.41, 5.74) is 0.522. The number of nitrogens with zero attached hydrogens (tertiary/aromatic N) is 3. The second-order valence-corrected chi connectivity index (χ2v) is 3.01. The van der Waals surface area contributed by atoms with Gasteiger partial charge in [0, 0.05) is 13.6 Å². The second-order valence-electron chi connectivity index (χ2n) is 3.01. The highest BCUT2D eigenvalue weighted by molar-refractivity contribution is 5.59. The first-order valence-corrected chi connectivity index (χ1v) is 4.51.